The predicted molar refractivity (Wildman–Crippen MR) is 75.8 cm³/mol. The molecule has 1 aromatic rings. The molecule has 88 valence electrons. The van der Waals surface area contributed by atoms with Crippen molar-refractivity contribution in [3.63, 3.8) is 0 Å². The normalized spacial score (nSPS) is 25.4. The Morgan fingerprint density at radius 3 is 2.75 bits per heavy atom. The highest BCUT2D eigenvalue weighted by atomic mass is 127. The number of anilines is 1. The number of aliphatic hydroxyl groups is 1. The molecule has 2 nitrogen and oxygen atoms in total. The Balaban J connectivity index is 2.07. The molecule has 1 fully saturated rings. The third-order valence-electron chi connectivity index (χ3n) is 3.19. The van der Waals surface area contributed by atoms with Crippen LogP contribution in [0.15, 0.2) is 18.2 Å². The molecule has 0 bridgehead atoms. The molecule has 0 unspecified atom stereocenters. The summed E-state index contributed by atoms with van der Waals surface area (Å²) in [4.78, 5) is 0. The van der Waals surface area contributed by atoms with Crippen LogP contribution in [0, 0.1) is 10.5 Å². The minimum Gasteiger partial charge on any atom is -0.391 e. The Hall–Kier alpha value is -0.290. The molecule has 2 rings (SSSR count). The molecule has 0 saturated heterocycles. The number of rotatable bonds is 2. The lowest BCUT2D eigenvalue weighted by atomic mass is 9.92. The lowest BCUT2D eigenvalue weighted by Gasteiger charge is -2.29. The highest BCUT2D eigenvalue weighted by Crippen LogP contribution is 2.25. The summed E-state index contributed by atoms with van der Waals surface area (Å²) in [6.07, 6.45) is 4.19. The van der Waals surface area contributed by atoms with Gasteiger partial charge in [-0.15, -0.1) is 0 Å². The summed E-state index contributed by atoms with van der Waals surface area (Å²) >= 11 is 2.35. The van der Waals surface area contributed by atoms with Crippen molar-refractivity contribution in [2.75, 3.05) is 5.32 Å². The van der Waals surface area contributed by atoms with Crippen LogP contribution in [0.2, 0.25) is 0 Å². The van der Waals surface area contributed by atoms with Gasteiger partial charge < -0.3 is 10.4 Å². The smallest absolute Gasteiger partial charge is 0.0741 e. The highest BCUT2D eigenvalue weighted by molar-refractivity contribution is 14.1. The van der Waals surface area contributed by atoms with Crippen LogP contribution in [-0.2, 0) is 0 Å². The fraction of sp³-hybridized carbons (Fsp3) is 0.538. The fourth-order valence-electron chi connectivity index (χ4n) is 2.22. The summed E-state index contributed by atoms with van der Waals surface area (Å²) in [6.45, 7) is 2.10. The number of aliphatic hydroxyl groups excluding tert-OH is 1. The van der Waals surface area contributed by atoms with E-state index in [2.05, 4.69) is 53.0 Å². The van der Waals surface area contributed by atoms with Gasteiger partial charge in [-0.1, -0.05) is 18.9 Å². The summed E-state index contributed by atoms with van der Waals surface area (Å²) in [6, 6.07) is 6.61. The summed E-state index contributed by atoms with van der Waals surface area (Å²) in [5.74, 6) is 0. The summed E-state index contributed by atoms with van der Waals surface area (Å²) in [5.41, 5.74) is 2.43. The predicted octanol–water partition coefficient (Wildman–Crippen LogP) is 3.32. The van der Waals surface area contributed by atoms with E-state index in [4.69, 9.17) is 0 Å². The largest absolute Gasteiger partial charge is 0.391 e. The van der Waals surface area contributed by atoms with Gasteiger partial charge in [0.1, 0.15) is 0 Å². The first-order valence-corrected chi connectivity index (χ1v) is 6.95. The number of hydrogen-bond acceptors (Lipinski definition) is 2. The van der Waals surface area contributed by atoms with Gasteiger partial charge in [0.05, 0.1) is 12.1 Å². The maximum atomic E-state index is 9.91. The lowest BCUT2D eigenvalue weighted by molar-refractivity contribution is 0.116. The summed E-state index contributed by atoms with van der Waals surface area (Å²) in [7, 11) is 0. The molecule has 3 heteroatoms. The molecule has 0 heterocycles. The maximum Gasteiger partial charge on any atom is 0.0741 e. The van der Waals surface area contributed by atoms with Gasteiger partial charge in [0.25, 0.3) is 0 Å². The van der Waals surface area contributed by atoms with Crippen molar-refractivity contribution < 1.29 is 5.11 Å². The van der Waals surface area contributed by atoms with E-state index in [1.165, 1.54) is 15.6 Å². The maximum absolute atomic E-state index is 9.91. The van der Waals surface area contributed by atoms with Gasteiger partial charge in [-0.05, 0) is 60.1 Å². The number of nitrogens with one attached hydrogen (secondary N) is 1. The van der Waals surface area contributed by atoms with E-state index < -0.39 is 0 Å². The van der Waals surface area contributed by atoms with Crippen LogP contribution < -0.4 is 5.32 Å². The van der Waals surface area contributed by atoms with Crippen LogP contribution >= 0.6 is 22.6 Å². The van der Waals surface area contributed by atoms with Gasteiger partial charge in [-0.3, -0.25) is 0 Å². The molecular weight excluding hydrogens is 313 g/mol. The lowest BCUT2D eigenvalue weighted by Crippen LogP contribution is -2.36. The standard InChI is InChI=1S/C13H18INO/c1-9-6-7-11(10(14)8-9)15-12-4-2-3-5-13(12)16/h6-8,12-13,15-16H,2-5H2,1H3/t12-,13+/m1/s1. The van der Waals surface area contributed by atoms with E-state index in [1.807, 2.05) is 0 Å². The Morgan fingerprint density at radius 1 is 1.31 bits per heavy atom. The summed E-state index contributed by atoms with van der Waals surface area (Å²) < 4.78 is 1.23. The highest BCUT2D eigenvalue weighted by Gasteiger charge is 2.23. The number of aryl methyl sites for hydroxylation is 1. The van der Waals surface area contributed by atoms with Crippen molar-refractivity contribution in [1.82, 2.24) is 0 Å². The zero-order valence-corrected chi connectivity index (χ0v) is 11.7. The Kier molecular flexibility index (Phi) is 4.08. The fourth-order valence-corrected chi connectivity index (χ4v) is 3.04. The summed E-state index contributed by atoms with van der Waals surface area (Å²) in [5, 5.41) is 13.4. The molecule has 0 aliphatic heterocycles. The van der Waals surface area contributed by atoms with Crippen molar-refractivity contribution >= 4 is 28.3 Å². The molecular formula is C13H18INO. The molecule has 0 spiro atoms. The molecule has 0 radical (unpaired) electrons. The van der Waals surface area contributed by atoms with Crippen LogP contribution in [0.3, 0.4) is 0 Å². The second-order valence-electron chi connectivity index (χ2n) is 4.59. The number of hydrogen-bond donors (Lipinski definition) is 2. The molecule has 2 N–H and O–H groups in total. The Morgan fingerprint density at radius 2 is 2.06 bits per heavy atom. The van der Waals surface area contributed by atoms with E-state index in [-0.39, 0.29) is 12.1 Å². The SMILES string of the molecule is Cc1ccc(N[C@@H]2CCCC[C@@H]2O)c(I)c1. The van der Waals surface area contributed by atoms with Gasteiger partial charge in [-0.25, -0.2) is 0 Å². The molecule has 1 aromatic carbocycles. The van der Waals surface area contributed by atoms with Crippen LogP contribution in [0.4, 0.5) is 5.69 Å². The molecule has 0 aromatic heterocycles. The van der Waals surface area contributed by atoms with E-state index in [0.717, 1.165) is 24.9 Å². The first-order chi connectivity index (χ1) is 7.66. The first-order valence-electron chi connectivity index (χ1n) is 5.87. The van der Waals surface area contributed by atoms with Crippen LogP contribution in [0.25, 0.3) is 0 Å². The van der Waals surface area contributed by atoms with E-state index in [9.17, 15) is 5.11 Å². The molecule has 16 heavy (non-hydrogen) atoms. The van der Waals surface area contributed by atoms with E-state index in [1.54, 1.807) is 0 Å². The molecule has 1 saturated carbocycles. The van der Waals surface area contributed by atoms with Gasteiger partial charge >= 0.3 is 0 Å². The van der Waals surface area contributed by atoms with Crippen molar-refractivity contribution in [1.29, 1.82) is 0 Å². The van der Waals surface area contributed by atoms with Crippen LogP contribution in [-0.4, -0.2) is 17.3 Å². The van der Waals surface area contributed by atoms with Crippen molar-refractivity contribution in [3.8, 4) is 0 Å². The average Bonchev–Trinajstić information content (AvgIpc) is 2.25. The third kappa shape index (κ3) is 2.88. The zero-order chi connectivity index (χ0) is 11.5. The minimum atomic E-state index is -0.189. The molecule has 2 atom stereocenters. The minimum absolute atomic E-state index is 0.189. The Labute approximate surface area is 111 Å². The second kappa shape index (κ2) is 5.36. The van der Waals surface area contributed by atoms with E-state index >= 15 is 0 Å². The van der Waals surface area contributed by atoms with Gasteiger partial charge in [0, 0.05) is 9.26 Å². The van der Waals surface area contributed by atoms with Gasteiger partial charge in [0.15, 0.2) is 0 Å². The average molecular weight is 331 g/mol. The van der Waals surface area contributed by atoms with Crippen LogP contribution in [0.5, 0.6) is 0 Å². The topological polar surface area (TPSA) is 32.3 Å². The van der Waals surface area contributed by atoms with Gasteiger partial charge in [-0.2, -0.15) is 0 Å². The van der Waals surface area contributed by atoms with E-state index in [0.29, 0.717) is 0 Å². The van der Waals surface area contributed by atoms with Crippen LogP contribution in [0.1, 0.15) is 31.2 Å². The second-order valence-corrected chi connectivity index (χ2v) is 5.75. The zero-order valence-electron chi connectivity index (χ0n) is 9.54. The number of benzene rings is 1. The molecule has 1 aliphatic carbocycles. The molecule has 1 aliphatic rings. The third-order valence-corrected chi connectivity index (χ3v) is 4.09. The monoisotopic (exact) mass is 331 g/mol. The Bertz CT molecular complexity index is 367. The van der Waals surface area contributed by atoms with Crippen molar-refractivity contribution in [2.45, 2.75) is 44.8 Å². The quantitative estimate of drug-likeness (QED) is 0.815. The first kappa shape index (κ1) is 12.2. The van der Waals surface area contributed by atoms with Crippen molar-refractivity contribution in [2.24, 2.45) is 0 Å². The van der Waals surface area contributed by atoms with Gasteiger partial charge in [0.2, 0.25) is 0 Å². The van der Waals surface area contributed by atoms with Crippen molar-refractivity contribution in [3.05, 3.63) is 27.3 Å². The molecule has 0 amide bonds. The number of halogens is 1.